The van der Waals surface area contributed by atoms with Crippen molar-refractivity contribution in [1.82, 2.24) is 9.88 Å². The van der Waals surface area contributed by atoms with E-state index in [2.05, 4.69) is 20.9 Å². The molecule has 0 aliphatic rings. The minimum absolute atomic E-state index is 0.0488. The zero-order chi connectivity index (χ0) is 15.7. The number of hydrogen-bond acceptors (Lipinski definition) is 1. The van der Waals surface area contributed by atoms with Crippen LogP contribution in [0.4, 0.5) is 0 Å². The Morgan fingerprint density at radius 1 is 1.23 bits per heavy atom. The van der Waals surface area contributed by atoms with Crippen molar-refractivity contribution in [2.75, 3.05) is 7.05 Å². The van der Waals surface area contributed by atoms with Gasteiger partial charge in [0.25, 0.3) is 5.91 Å². The second-order valence-electron chi connectivity index (χ2n) is 5.21. The molecular weight excluding hydrogens is 364 g/mol. The molecule has 0 aliphatic carbocycles. The first-order valence-corrected chi connectivity index (χ1v) is 7.98. The maximum Gasteiger partial charge on any atom is 0.270 e. The molecule has 1 heterocycles. The summed E-state index contributed by atoms with van der Waals surface area (Å²) >= 11 is 9.41. The maximum absolute atomic E-state index is 12.5. The number of benzene rings is 2. The van der Waals surface area contributed by atoms with E-state index in [9.17, 15) is 4.79 Å². The highest BCUT2D eigenvalue weighted by molar-refractivity contribution is 9.10. The monoisotopic (exact) mass is 376 g/mol. The zero-order valence-corrected chi connectivity index (χ0v) is 14.3. The van der Waals surface area contributed by atoms with Crippen LogP contribution in [0.1, 0.15) is 16.1 Å². The molecule has 1 amide bonds. The van der Waals surface area contributed by atoms with E-state index in [1.807, 2.05) is 48.5 Å². The molecule has 0 radical (unpaired) electrons. The van der Waals surface area contributed by atoms with Gasteiger partial charge in [0.05, 0.1) is 0 Å². The molecule has 0 aliphatic heterocycles. The van der Waals surface area contributed by atoms with Gasteiger partial charge in [-0.2, -0.15) is 0 Å². The third kappa shape index (κ3) is 3.18. The summed E-state index contributed by atoms with van der Waals surface area (Å²) in [6.45, 7) is 0.512. The normalized spacial score (nSPS) is 10.9. The molecule has 3 nitrogen and oxygen atoms in total. The van der Waals surface area contributed by atoms with Crippen molar-refractivity contribution in [3.05, 3.63) is 69.3 Å². The highest BCUT2D eigenvalue weighted by Gasteiger charge is 2.15. The summed E-state index contributed by atoms with van der Waals surface area (Å²) in [5.41, 5.74) is 2.52. The Kier molecular flexibility index (Phi) is 4.23. The Balaban J connectivity index is 1.82. The molecule has 3 aromatic rings. The molecule has 112 valence electrons. The van der Waals surface area contributed by atoms with Gasteiger partial charge in [0.1, 0.15) is 5.69 Å². The van der Waals surface area contributed by atoms with Gasteiger partial charge in [0.15, 0.2) is 0 Å². The van der Waals surface area contributed by atoms with E-state index in [-0.39, 0.29) is 5.91 Å². The van der Waals surface area contributed by atoms with Crippen molar-refractivity contribution in [2.24, 2.45) is 0 Å². The van der Waals surface area contributed by atoms with E-state index in [0.29, 0.717) is 17.3 Å². The van der Waals surface area contributed by atoms with E-state index in [4.69, 9.17) is 11.6 Å². The molecular formula is C17H14BrClN2O. The number of carbonyl (C=O) groups excluding carboxylic acids is 1. The lowest BCUT2D eigenvalue weighted by atomic mass is 10.2. The van der Waals surface area contributed by atoms with Gasteiger partial charge in [-0.3, -0.25) is 4.79 Å². The van der Waals surface area contributed by atoms with E-state index < -0.39 is 0 Å². The number of halogens is 2. The molecule has 0 bridgehead atoms. The first-order valence-electron chi connectivity index (χ1n) is 6.81. The molecule has 22 heavy (non-hydrogen) atoms. The molecule has 0 saturated heterocycles. The Morgan fingerprint density at radius 2 is 2.05 bits per heavy atom. The van der Waals surface area contributed by atoms with Gasteiger partial charge < -0.3 is 9.88 Å². The predicted molar refractivity (Wildman–Crippen MR) is 93.2 cm³/mol. The van der Waals surface area contributed by atoms with E-state index in [1.54, 1.807) is 11.9 Å². The summed E-state index contributed by atoms with van der Waals surface area (Å²) in [6.07, 6.45) is 0. The third-order valence-corrected chi connectivity index (χ3v) is 4.20. The minimum Gasteiger partial charge on any atom is -0.350 e. The average Bonchev–Trinajstić information content (AvgIpc) is 2.89. The Labute approximate surface area is 142 Å². The van der Waals surface area contributed by atoms with Gasteiger partial charge in [-0.25, -0.2) is 0 Å². The largest absolute Gasteiger partial charge is 0.350 e. The molecule has 0 fully saturated rings. The van der Waals surface area contributed by atoms with Gasteiger partial charge in [0.2, 0.25) is 0 Å². The van der Waals surface area contributed by atoms with Crippen molar-refractivity contribution in [3.8, 4) is 0 Å². The number of hydrogen-bond donors (Lipinski definition) is 1. The highest BCUT2D eigenvalue weighted by atomic mass is 79.9. The van der Waals surface area contributed by atoms with Crippen LogP contribution in [0.2, 0.25) is 5.02 Å². The first kappa shape index (κ1) is 15.1. The minimum atomic E-state index is -0.0488. The molecule has 0 unspecified atom stereocenters. The van der Waals surface area contributed by atoms with Crippen LogP contribution in [-0.4, -0.2) is 22.8 Å². The lowest BCUT2D eigenvalue weighted by molar-refractivity contribution is 0.0780. The molecule has 5 heteroatoms. The van der Waals surface area contributed by atoms with Crippen molar-refractivity contribution >= 4 is 44.3 Å². The van der Waals surface area contributed by atoms with Crippen LogP contribution < -0.4 is 0 Å². The van der Waals surface area contributed by atoms with Gasteiger partial charge in [-0.05, 0) is 35.9 Å². The van der Waals surface area contributed by atoms with Crippen LogP contribution in [0.15, 0.2) is 53.0 Å². The number of rotatable bonds is 3. The lowest BCUT2D eigenvalue weighted by Gasteiger charge is -2.16. The second-order valence-corrected chi connectivity index (χ2v) is 6.56. The molecule has 3 rings (SSSR count). The van der Waals surface area contributed by atoms with E-state index in [0.717, 1.165) is 20.9 Å². The fraction of sp³-hybridized carbons (Fsp3) is 0.118. The van der Waals surface area contributed by atoms with Gasteiger partial charge in [-0.15, -0.1) is 0 Å². The van der Waals surface area contributed by atoms with Crippen LogP contribution in [0.5, 0.6) is 0 Å². The lowest BCUT2D eigenvalue weighted by Crippen LogP contribution is -2.26. The first-order chi connectivity index (χ1) is 10.5. The van der Waals surface area contributed by atoms with Crippen LogP contribution in [0.3, 0.4) is 0 Å². The molecule has 0 spiro atoms. The van der Waals surface area contributed by atoms with E-state index in [1.165, 1.54) is 0 Å². The SMILES string of the molecule is CN(Cc1cccc(Cl)c1)C(=O)c1cc2ccc(Br)cc2[nH]1. The summed E-state index contributed by atoms with van der Waals surface area (Å²) in [5.74, 6) is -0.0488. The Bertz CT molecular complexity index is 844. The smallest absolute Gasteiger partial charge is 0.270 e. The number of fused-ring (bicyclic) bond motifs is 1. The van der Waals surface area contributed by atoms with Gasteiger partial charge in [-0.1, -0.05) is 45.7 Å². The van der Waals surface area contributed by atoms with Crippen LogP contribution in [0, 0.1) is 0 Å². The highest BCUT2D eigenvalue weighted by Crippen LogP contribution is 2.21. The van der Waals surface area contributed by atoms with Crippen LogP contribution >= 0.6 is 27.5 Å². The summed E-state index contributed by atoms with van der Waals surface area (Å²) in [6, 6.07) is 15.3. The number of nitrogens with one attached hydrogen (secondary N) is 1. The average molecular weight is 378 g/mol. The van der Waals surface area contributed by atoms with Crippen LogP contribution in [0.25, 0.3) is 10.9 Å². The standard InChI is InChI=1S/C17H14BrClN2O/c1-21(10-11-3-2-4-14(19)7-11)17(22)16-8-12-5-6-13(18)9-15(12)20-16/h2-9,20H,10H2,1H3. The number of aromatic amines is 1. The predicted octanol–water partition coefficient (Wildman–Crippen LogP) is 4.86. The zero-order valence-electron chi connectivity index (χ0n) is 11.9. The van der Waals surface area contributed by atoms with Crippen molar-refractivity contribution in [2.45, 2.75) is 6.54 Å². The number of H-pyrrole nitrogens is 1. The van der Waals surface area contributed by atoms with Crippen molar-refractivity contribution < 1.29 is 4.79 Å². The number of amides is 1. The summed E-state index contributed by atoms with van der Waals surface area (Å²) < 4.78 is 0.980. The van der Waals surface area contributed by atoms with Crippen molar-refractivity contribution in [3.63, 3.8) is 0 Å². The molecule has 1 aromatic heterocycles. The summed E-state index contributed by atoms with van der Waals surface area (Å²) in [4.78, 5) is 17.4. The molecule has 0 atom stereocenters. The second kappa shape index (κ2) is 6.15. The third-order valence-electron chi connectivity index (χ3n) is 3.47. The van der Waals surface area contributed by atoms with Crippen LogP contribution in [-0.2, 0) is 6.54 Å². The quantitative estimate of drug-likeness (QED) is 0.695. The maximum atomic E-state index is 12.5. The molecule has 1 N–H and O–H groups in total. The summed E-state index contributed by atoms with van der Waals surface area (Å²) in [5, 5.41) is 1.69. The Morgan fingerprint density at radius 3 is 2.82 bits per heavy atom. The number of aromatic nitrogens is 1. The molecule has 2 aromatic carbocycles. The number of nitrogens with zero attached hydrogens (tertiary/aromatic N) is 1. The van der Waals surface area contributed by atoms with Gasteiger partial charge in [0, 0.05) is 34.0 Å². The number of carbonyl (C=O) groups is 1. The topological polar surface area (TPSA) is 36.1 Å². The fourth-order valence-electron chi connectivity index (χ4n) is 2.40. The van der Waals surface area contributed by atoms with Gasteiger partial charge >= 0.3 is 0 Å². The summed E-state index contributed by atoms with van der Waals surface area (Å²) in [7, 11) is 1.78. The Hall–Kier alpha value is -1.78. The van der Waals surface area contributed by atoms with E-state index >= 15 is 0 Å². The molecule has 0 saturated carbocycles. The van der Waals surface area contributed by atoms with Crippen molar-refractivity contribution in [1.29, 1.82) is 0 Å². The fourth-order valence-corrected chi connectivity index (χ4v) is 2.98.